The van der Waals surface area contributed by atoms with Gasteiger partial charge in [0.15, 0.2) is 0 Å². The second kappa shape index (κ2) is 7.67. The van der Waals surface area contributed by atoms with Crippen LogP contribution in [0.25, 0.3) is 0 Å². The summed E-state index contributed by atoms with van der Waals surface area (Å²) >= 11 is 0. The number of hydrogen-bond acceptors (Lipinski definition) is 3. The van der Waals surface area contributed by atoms with Crippen LogP contribution in [-0.4, -0.2) is 30.8 Å². The highest BCUT2D eigenvalue weighted by Crippen LogP contribution is 2.18. The highest BCUT2D eigenvalue weighted by atomic mass is 32.2. The van der Waals surface area contributed by atoms with Gasteiger partial charge in [0.1, 0.15) is 0 Å². The zero-order valence-electron chi connectivity index (χ0n) is 11.9. The lowest BCUT2D eigenvalue weighted by Crippen LogP contribution is -2.32. The van der Waals surface area contributed by atoms with Crippen LogP contribution < -0.4 is 5.73 Å². The maximum absolute atomic E-state index is 12.5. The Hall–Kier alpha value is -0.850. The summed E-state index contributed by atoms with van der Waals surface area (Å²) in [5, 5.41) is 0. The van der Waals surface area contributed by atoms with E-state index in [9.17, 15) is 8.42 Å². The molecular weight excluding hydrogens is 262 g/mol. The summed E-state index contributed by atoms with van der Waals surface area (Å²) in [6.45, 7) is 5.62. The molecule has 0 fully saturated rings. The van der Waals surface area contributed by atoms with Crippen molar-refractivity contribution in [3.8, 4) is 0 Å². The number of H-pyrrole nitrogens is 1. The molecule has 6 heteroatoms. The van der Waals surface area contributed by atoms with Crippen molar-refractivity contribution in [3.05, 3.63) is 18.0 Å². The van der Waals surface area contributed by atoms with Crippen LogP contribution >= 0.6 is 0 Å². The van der Waals surface area contributed by atoms with Gasteiger partial charge < -0.3 is 10.7 Å². The molecule has 0 amide bonds. The molecule has 1 rings (SSSR count). The van der Waals surface area contributed by atoms with Gasteiger partial charge in [0.25, 0.3) is 0 Å². The fourth-order valence-electron chi connectivity index (χ4n) is 1.86. The predicted molar refractivity (Wildman–Crippen MR) is 77.3 cm³/mol. The minimum absolute atomic E-state index is 0.319. The van der Waals surface area contributed by atoms with Crippen molar-refractivity contribution in [2.75, 3.05) is 13.1 Å². The number of unbranched alkanes of at least 4 members (excludes halogenated alkanes) is 2. The van der Waals surface area contributed by atoms with Crippen molar-refractivity contribution in [1.82, 2.24) is 9.29 Å². The average Bonchev–Trinajstić information content (AvgIpc) is 2.88. The first kappa shape index (κ1) is 16.2. The van der Waals surface area contributed by atoms with Crippen molar-refractivity contribution in [1.29, 1.82) is 0 Å². The molecule has 0 aliphatic rings. The molecule has 0 aliphatic carbocycles. The van der Waals surface area contributed by atoms with Crippen molar-refractivity contribution in [2.24, 2.45) is 5.73 Å². The average molecular weight is 287 g/mol. The Labute approximate surface area is 116 Å². The van der Waals surface area contributed by atoms with E-state index in [4.69, 9.17) is 5.73 Å². The molecule has 19 heavy (non-hydrogen) atoms. The topological polar surface area (TPSA) is 79.2 Å². The summed E-state index contributed by atoms with van der Waals surface area (Å²) in [7, 11) is -3.39. The highest BCUT2D eigenvalue weighted by molar-refractivity contribution is 7.89. The molecule has 5 nitrogen and oxygen atoms in total. The number of aromatic nitrogens is 1. The number of nitrogens with zero attached hydrogens (tertiary/aromatic N) is 1. The van der Waals surface area contributed by atoms with Crippen molar-refractivity contribution < 1.29 is 8.42 Å². The van der Waals surface area contributed by atoms with Gasteiger partial charge in [-0.25, -0.2) is 8.42 Å². The number of hydrogen-bond donors (Lipinski definition) is 2. The first-order valence-electron chi connectivity index (χ1n) is 6.93. The summed E-state index contributed by atoms with van der Waals surface area (Å²) in [6.07, 6.45) is 5.27. The van der Waals surface area contributed by atoms with Crippen molar-refractivity contribution in [2.45, 2.75) is 51.0 Å². The molecule has 0 unspecified atom stereocenters. The number of sulfonamides is 1. The van der Waals surface area contributed by atoms with E-state index in [1.807, 2.05) is 0 Å². The summed E-state index contributed by atoms with van der Waals surface area (Å²) in [6, 6.07) is 1.63. The van der Waals surface area contributed by atoms with Crippen molar-refractivity contribution in [3.63, 3.8) is 0 Å². The summed E-state index contributed by atoms with van der Waals surface area (Å²) < 4.78 is 26.7. The lowest BCUT2D eigenvalue weighted by molar-refractivity contribution is 0.395. The van der Waals surface area contributed by atoms with Gasteiger partial charge in [-0.1, -0.05) is 26.7 Å². The monoisotopic (exact) mass is 287 g/mol. The van der Waals surface area contributed by atoms with Crippen LogP contribution in [0.2, 0.25) is 0 Å². The minimum atomic E-state index is -3.39. The zero-order chi connectivity index (χ0) is 14.3. The Morgan fingerprint density at radius 3 is 2.21 bits per heavy atom. The SMILES string of the molecule is CCCCN(CCCC)S(=O)(=O)c1c[nH]c(CN)c1. The van der Waals surface area contributed by atoms with Gasteiger partial charge in [0, 0.05) is 31.5 Å². The molecule has 3 N–H and O–H groups in total. The van der Waals surface area contributed by atoms with E-state index in [2.05, 4.69) is 18.8 Å². The summed E-state index contributed by atoms with van der Waals surface area (Å²) in [4.78, 5) is 3.22. The third kappa shape index (κ3) is 4.33. The normalized spacial score (nSPS) is 12.2. The Morgan fingerprint density at radius 2 is 1.79 bits per heavy atom. The summed E-state index contributed by atoms with van der Waals surface area (Å²) in [5.41, 5.74) is 6.24. The molecule has 0 atom stereocenters. The van der Waals surface area contributed by atoms with Gasteiger partial charge in [-0.05, 0) is 18.9 Å². The van der Waals surface area contributed by atoms with Crippen LogP contribution in [0.4, 0.5) is 0 Å². The van der Waals surface area contributed by atoms with Crippen molar-refractivity contribution >= 4 is 10.0 Å². The zero-order valence-corrected chi connectivity index (χ0v) is 12.7. The molecular formula is C13H25N3O2S. The molecule has 0 spiro atoms. The number of nitrogens with one attached hydrogen (secondary N) is 1. The van der Waals surface area contributed by atoms with Crippen LogP contribution in [0.15, 0.2) is 17.2 Å². The van der Waals surface area contributed by atoms with E-state index in [0.29, 0.717) is 24.5 Å². The largest absolute Gasteiger partial charge is 0.363 e. The van der Waals surface area contributed by atoms with Crippen LogP contribution in [0.3, 0.4) is 0 Å². The first-order valence-corrected chi connectivity index (χ1v) is 8.37. The lowest BCUT2D eigenvalue weighted by Gasteiger charge is -2.21. The molecule has 110 valence electrons. The first-order chi connectivity index (χ1) is 9.06. The van der Waals surface area contributed by atoms with Gasteiger partial charge in [-0.15, -0.1) is 0 Å². The molecule has 0 radical (unpaired) electrons. The predicted octanol–water partition coefficient (Wildman–Crippen LogP) is 2.06. The fourth-order valence-corrected chi connectivity index (χ4v) is 3.39. The molecule has 1 aromatic heterocycles. The number of rotatable bonds is 9. The standard InChI is InChI=1S/C13H25N3O2S/c1-3-5-7-16(8-6-4-2)19(17,18)13-9-12(10-14)15-11-13/h9,11,15H,3-8,10,14H2,1-2H3. The third-order valence-electron chi connectivity index (χ3n) is 3.10. The van der Waals surface area contributed by atoms with E-state index in [-0.39, 0.29) is 0 Å². The van der Waals surface area contributed by atoms with Gasteiger partial charge in [0.2, 0.25) is 10.0 Å². The number of nitrogens with two attached hydrogens (primary N) is 1. The third-order valence-corrected chi connectivity index (χ3v) is 4.97. The van der Waals surface area contributed by atoms with Gasteiger partial charge in [0.05, 0.1) is 4.90 Å². The molecule has 1 aromatic rings. The van der Waals surface area contributed by atoms with Gasteiger partial charge in [-0.2, -0.15) is 4.31 Å². The van der Waals surface area contributed by atoms with Gasteiger partial charge in [-0.3, -0.25) is 0 Å². The maximum atomic E-state index is 12.5. The van der Waals surface area contributed by atoms with E-state index in [1.54, 1.807) is 10.4 Å². The highest BCUT2D eigenvalue weighted by Gasteiger charge is 2.24. The minimum Gasteiger partial charge on any atom is -0.363 e. The van der Waals surface area contributed by atoms with E-state index in [1.165, 1.54) is 6.20 Å². The van der Waals surface area contributed by atoms with Crippen LogP contribution in [-0.2, 0) is 16.6 Å². The smallest absolute Gasteiger partial charge is 0.244 e. The molecule has 1 heterocycles. The Bertz CT molecular complexity index is 460. The Morgan fingerprint density at radius 1 is 1.21 bits per heavy atom. The van der Waals surface area contributed by atoms with Gasteiger partial charge >= 0.3 is 0 Å². The quantitative estimate of drug-likeness (QED) is 0.729. The molecule has 0 bridgehead atoms. The lowest BCUT2D eigenvalue weighted by atomic mass is 10.3. The summed E-state index contributed by atoms with van der Waals surface area (Å²) in [5.74, 6) is 0. The molecule has 0 saturated carbocycles. The van der Waals surface area contributed by atoms with Crippen LogP contribution in [0, 0.1) is 0 Å². The Kier molecular flexibility index (Phi) is 6.54. The van der Waals surface area contributed by atoms with Crippen LogP contribution in [0.5, 0.6) is 0 Å². The molecule has 0 aromatic carbocycles. The van der Waals surface area contributed by atoms with E-state index < -0.39 is 10.0 Å². The second-order valence-corrected chi connectivity index (χ2v) is 6.61. The van der Waals surface area contributed by atoms with E-state index in [0.717, 1.165) is 31.4 Å². The fraction of sp³-hybridized carbons (Fsp3) is 0.692. The second-order valence-electron chi connectivity index (χ2n) is 4.68. The maximum Gasteiger partial charge on any atom is 0.244 e. The van der Waals surface area contributed by atoms with E-state index >= 15 is 0 Å². The molecule has 0 saturated heterocycles. The number of aromatic amines is 1. The molecule has 0 aliphatic heterocycles. The Balaban J connectivity index is 2.90. The van der Waals surface area contributed by atoms with Crippen LogP contribution in [0.1, 0.15) is 45.2 Å².